The maximum Gasteiger partial charge on any atom is 0.310 e. The largest absolute Gasteiger partial charge is 0.456 e. The van der Waals surface area contributed by atoms with E-state index in [2.05, 4.69) is 0 Å². The van der Waals surface area contributed by atoms with Crippen molar-refractivity contribution in [2.45, 2.75) is 67.8 Å². The molecule has 2 fully saturated rings. The number of rotatable bonds is 8. The first-order chi connectivity index (χ1) is 14.2. The zero-order chi connectivity index (χ0) is 22.4. The van der Waals surface area contributed by atoms with Crippen LogP contribution in [0.5, 0.6) is 0 Å². The summed E-state index contributed by atoms with van der Waals surface area (Å²) in [5.74, 6) is -0.818. The summed E-state index contributed by atoms with van der Waals surface area (Å²) in [7, 11) is 0. The van der Waals surface area contributed by atoms with Gasteiger partial charge in [-0.25, -0.2) is 0 Å². The first kappa shape index (κ1) is 25.0. The fraction of sp³-hybridized carbons (Fsp3) is 0.824. The lowest BCUT2D eigenvalue weighted by atomic mass is 9.97. The van der Waals surface area contributed by atoms with Crippen LogP contribution in [0, 0.1) is 0 Å². The Balaban J connectivity index is 2.05. The van der Waals surface area contributed by atoms with E-state index in [1.807, 2.05) is 0 Å². The molecule has 174 valence electrons. The van der Waals surface area contributed by atoms with Crippen LogP contribution in [0.15, 0.2) is 12.2 Å². The molecule has 8 N–H and O–H groups in total. The summed E-state index contributed by atoms with van der Waals surface area (Å²) in [6, 6.07) is 0. The number of carbonyl (C=O) groups excluding carboxylic acids is 1. The van der Waals surface area contributed by atoms with E-state index in [1.165, 1.54) is 12.2 Å². The van der Waals surface area contributed by atoms with Crippen LogP contribution in [0.2, 0.25) is 0 Å². The van der Waals surface area contributed by atoms with Crippen molar-refractivity contribution in [3.8, 4) is 0 Å². The van der Waals surface area contributed by atoms with Crippen LogP contribution in [-0.4, -0.2) is 128 Å². The van der Waals surface area contributed by atoms with E-state index in [0.29, 0.717) is 0 Å². The molecule has 4 unspecified atom stereocenters. The van der Waals surface area contributed by atoms with Gasteiger partial charge in [0.2, 0.25) is 0 Å². The molecular weight excluding hydrogens is 412 g/mol. The van der Waals surface area contributed by atoms with E-state index >= 15 is 0 Å². The van der Waals surface area contributed by atoms with Crippen molar-refractivity contribution in [1.29, 1.82) is 0 Å². The average Bonchev–Trinajstić information content (AvgIpc) is 2.73. The lowest BCUT2D eigenvalue weighted by molar-refractivity contribution is -0.362. The fourth-order valence-corrected chi connectivity index (χ4v) is 3.14. The zero-order valence-electron chi connectivity index (χ0n) is 15.9. The van der Waals surface area contributed by atoms with Gasteiger partial charge in [-0.05, 0) is 0 Å². The van der Waals surface area contributed by atoms with Crippen molar-refractivity contribution in [2.75, 3.05) is 19.8 Å². The maximum absolute atomic E-state index is 11.8. The number of aliphatic hydroxyl groups is 8. The third-order valence-electron chi connectivity index (χ3n) is 4.78. The van der Waals surface area contributed by atoms with Crippen molar-refractivity contribution in [2.24, 2.45) is 0 Å². The van der Waals surface area contributed by atoms with Crippen molar-refractivity contribution >= 4 is 5.97 Å². The summed E-state index contributed by atoms with van der Waals surface area (Å²) >= 11 is 0. The van der Waals surface area contributed by atoms with Gasteiger partial charge in [-0.3, -0.25) is 4.79 Å². The van der Waals surface area contributed by atoms with Gasteiger partial charge in [-0.2, -0.15) is 0 Å². The van der Waals surface area contributed by atoms with Crippen molar-refractivity contribution in [3.63, 3.8) is 0 Å². The van der Waals surface area contributed by atoms with E-state index in [1.54, 1.807) is 0 Å². The molecule has 0 aliphatic carbocycles. The standard InChI is InChI=1S/C17H28O13/c18-4-2-1-3-9(21)29-14-8(6-20)28-17(13(25)12(14)24)30-15-11(23)10(22)7(5-19)27-16(15)26/h1-2,7-8,10-20,22-26H,3-6H2/t7?,8?,10-,11?,12?,13+,14-,15+,16-,17+/m1/s1. The quantitative estimate of drug-likeness (QED) is 0.131. The van der Waals surface area contributed by atoms with Crippen LogP contribution in [0.4, 0.5) is 0 Å². The van der Waals surface area contributed by atoms with Crippen molar-refractivity contribution < 1.29 is 64.6 Å². The lowest BCUT2D eigenvalue weighted by Gasteiger charge is -2.45. The second-order valence-corrected chi connectivity index (χ2v) is 6.85. The molecule has 0 spiro atoms. The van der Waals surface area contributed by atoms with Crippen LogP contribution in [-0.2, 0) is 23.7 Å². The number of hydrogen-bond acceptors (Lipinski definition) is 13. The molecule has 2 heterocycles. The van der Waals surface area contributed by atoms with Crippen LogP contribution in [0.25, 0.3) is 0 Å². The SMILES string of the molecule is O=C(CC=CCO)O[C@@H]1C(CO)O[C@@H](O[C@H]2C(O)[C@H](O)C(CO)O[C@H]2O)[C@@H](O)C1O. The van der Waals surface area contributed by atoms with Gasteiger partial charge < -0.3 is 59.8 Å². The number of aliphatic hydroxyl groups excluding tert-OH is 8. The van der Waals surface area contributed by atoms with Crippen LogP contribution in [0.3, 0.4) is 0 Å². The topological polar surface area (TPSA) is 216 Å². The predicted octanol–water partition coefficient (Wildman–Crippen LogP) is -4.91. The molecular formula is C17H28O13. The molecule has 0 aromatic rings. The zero-order valence-corrected chi connectivity index (χ0v) is 15.9. The Kier molecular flexibility index (Phi) is 9.52. The summed E-state index contributed by atoms with van der Waals surface area (Å²) in [5, 5.41) is 77.9. The highest BCUT2D eigenvalue weighted by Crippen LogP contribution is 2.29. The maximum atomic E-state index is 11.8. The predicted molar refractivity (Wildman–Crippen MR) is 93.3 cm³/mol. The molecule has 0 bridgehead atoms. The molecule has 2 rings (SSSR count). The van der Waals surface area contributed by atoms with Gasteiger partial charge in [0, 0.05) is 0 Å². The summed E-state index contributed by atoms with van der Waals surface area (Å²) in [6.45, 7) is -1.71. The van der Waals surface area contributed by atoms with Crippen molar-refractivity contribution in [1.82, 2.24) is 0 Å². The van der Waals surface area contributed by atoms with E-state index in [-0.39, 0.29) is 13.0 Å². The van der Waals surface area contributed by atoms with Gasteiger partial charge in [0.25, 0.3) is 0 Å². The van der Waals surface area contributed by atoms with Gasteiger partial charge in [-0.15, -0.1) is 0 Å². The molecule has 0 saturated carbocycles. The van der Waals surface area contributed by atoms with E-state index in [4.69, 9.17) is 29.2 Å². The van der Waals surface area contributed by atoms with Gasteiger partial charge in [0.05, 0.1) is 26.2 Å². The Labute approximate surface area is 171 Å². The Morgan fingerprint density at radius 1 is 0.800 bits per heavy atom. The van der Waals surface area contributed by atoms with Crippen LogP contribution in [0.1, 0.15) is 6.42 Å². The minimum Gasteiger partial charge on any atom is -0.456 e. The first-order valence-corrected chi connectivity index (χ1v) is 9.28. The molecule has 0 aromatic heterocycles. The number of esters is 1. The minimum atomic E-state index is -1.83. The molecule has 2 saturated heterocycles. The number of hydrogen-bond donors (Lipinski definition) is 8. The Bertz CT molecular complexity index is 570. The number of carbonyl (C=O) groups is 1. The molecule has 30 heavy (non-hydrogen) atoms. The number of ether oxygens (including phenoxy) is 4. The monoisotopic (exact) mass is 440 g/mol. The molecule has 0 amide bonds. The Morgan fingerprint density at radius 2 is 1.43 bits per heavy atom. The van der Waals surface area contributed by atoms with Gasteiger partial charge in [-0.1, -0.05) is 12.2 Å². The Morgan fingerprint density at radius 3 is 2.03 bits per heavy atom. The highest BCUT2D eigenvalue weighted by molar-refractivity contribution is 5.71. The second kappa shape index (κ2) is 11.4. The van der Waals surface area contributed by atoms with Crippen LogP contribution >= 0.6 is 0 Å². The van der Waals surface area contributed by atoms with E-state index in [0.717, 1.165) is 0 Å². The summed E-state index contributed by atoms with van der Waals surface area (Å²) in [4.78, 5) is 11.8. The third-order valence-corrected chi connectivity index (χ3v) is 4.78. The third kappa shape index (κ3) is 5.72. The smallest absolute Gasteiger partial charge is 0.310 e. The summed E-state index contributed by atoms with van der Waals surface area (Å²) in [5.41, 5.74) is 0. The van der Waals surface area contributed by atoms with Crippen LogP contribution < -0.4 is 0 Å². The molecule has 13 nitrogen and oxygen atoms in total. The second-order valence-electron chi connectivity index (χ2n) is 6.85. The Hall–Kier alpha value is -1.23. The fourth-order valence-electron chi connectivity index (χ4n) is 3.14. The van der Waals surface area contributed by atoms with Gasteiger partial charge in [0.1, 0.15) is 42.7 Å². The molecule has 13 heteroatoms. The molecule has 0 aromatic carbocycles. The minimum absolute atomic E-state index is 0.236. The first-order valence-electron chi connectivity index (χ1n) is 9.28. The lowest BCUT2D eigenvalue weighted by Crippen LogP contribution is -2.64. The highest BCUT2D eigenvalue weighted by Gasteiger charge is 2.51. The van der Waals surface area contributed by atoms with E-state index in [9.17, 15) is 35.4 Å². The normalized spacial score (nSPS) is 42.4. The molecule has 0 radical (unpaired) electrons. The molecule has 10 atom stereocenters. The summed E-state index contributed by atoms with van der Waals surface area (Å²) < 4.78 is 20.6. The van der Waals surface area contributed by atoms with Crippen molar-refractivity contribution in [3.05, 3.63) is 12.2 Å². The average molecular weight is 440 g/mol. The molecule has 2 aliphatic heterocycles. The van der Waals surface area contributed by atoms with Gasteiger partial charge >= 0.3 is 5.97 Å². The summed E-state index contributed by atoms with van der Waals surface area (Å²) in [6.07, 6.45) is -13.7. The van der Waals surface area contributed by atoms with E-state index < -0.39 is 80.6 Å². The van der Waals surface area contributed by atoms with Gasteiger partial charge in [0.15, 0.2) is 18.7 Å². The molecule has 2 aliphatic rings. The highest BCUT2D eigenvalue weighted by atomic mass is 16.7.